The van der Waals surface area contributed by atoms with Crippen LogP contribution in [-0.2, 0) is 17.8 Å². The Morgan fingerprint density at radius 1 is 1.26 bits per heavy atom. The van der Waals surface area contributed by atoms with Gasteiger partial charge >= 0.3 is 0 Å². The van der Waals surface area contributed by atoms with Gasteiger partial charge in [-0.2, -0.15) is 5.10 Å². The van der Waals surface area contributed by atoms with Gasteiger partial charge in [0.05, 0.1) is 6.54 Å². The zero-order valence-corrected chi connectivity index (χ0v) is 13.9. The Kier molecular flexibility index (Phi) is 3.77. The number of carbonyl (C=O) groups is 1. The summed E-state index contributed by atoms with van der Waals surface area (Å²) < 4.78 is 1.87. The average molecular weight is 351 g/mol. The van der Waals surface area contributed by atoms with Gasteiger partial charge in [-0.05, 0) is 42.5 Å². The fourth-order valence-electron chi connectivity index (χ4n) is 3.31. The molecule has 1 aliphatic heterocycles. The smallest absolute Gasteiger partial charge is 0.224 e. The van der Waals surface area contributed by atoms with Gasteiger partial charge in [0.2, 0.25) is 5.91 Å². The molecule has 0 bridgehead atoms. The maximum atomic E-state index is 12.5. The third kappa shape index (κ3) is 3.08. The average Bonchev–Trinajstić information content (AvgIpc) is 3.18. The van der Waals surface area contributed by atoms with Crippen molar-refractivity contribution in [3.8, 4) is 0 Å². The predicted octanol–water partition coefficient (Wildman–Crippen LogP) is 2.82. The third-order valence-corrected chi connectivity index (χ3v) is 5.03. The highest BCUT2D eigenvalue weighted by Crippen LogP contribution is 2.48. The molecule has 1 saturated carbocycles. The van der Waals surface area contributed by atoms with Crippen molar-refractivity contribution < 1.29 is 4.79 Å². The van der Waals surface area contributed by atoms with Crippen molar-refractivity contribution in [3.05, 3.63) is 46.0 Å². The lowest BCUT2D eigenvalue weighted by atomic mass is 10.1. The van der Waals surface area contributed by atoms with E-state index in [-0.39, 0.29) is 23.8 Å². The van der Waals surface area contributed by atoms with E-state index in [0.717, 1.165) is 30.7 Å². The first kappa shape index (κ1) is 15.0. The van der Waals surface area contributed by atoms with Crippen LogP contribution in [-0.4, -0.2) is 26.7 Å². The second kappa shape index (κ2) is 5.80. The number of halogens is 2. The van der Waals surface area contributed by atoms with Crippen LogP contribution in [0, 0.1) is 5.92 Å². The van der Waals surface area contributed by atoms with Gasteiger partial charge in [-0.1, -0.05) is 23.2 Å². The summed E-state index contributed by atoms with van der Waals surface area (Å²) in [6.07, 6.45) is 4.18. The molecule has 0 radical (unpaired) electrons. The lowest BCUT2D eigenvalue weighted by Gasteiger charge is -2.23. The molecule has 120 valence electrons. The molecule has 2 aliphatic rings. The number of amides is 1. The third-order valence-electron chi connectivity index (χ3n) is 4.59. The SMILES string of the molecule is O=C(NC1CCc2ncnn2C1)C1CC1c1cc(Cl)cc(Cl)c1. The fraction of sp³-hybridized carbons (Fsp3) is 0.438. The summed E-state index contributed by atoms with van der Waals surface area (Å²) in [5.74, 6) is 1.34. The molecule has 1 aromatic heterocycles. The highest BCUT2D eigenvalue weighted by Gasteiger charge is 2.44. The summed E-state index contributed by atoms with van der Waals surface area (Å²) in [6, 6.07) is 5.63. The molecule has 0 spiro atoms. The lowest BCUT2D eigenvalue weighted by Crippen LogP contribution is -2.42. The molecule has 5 nitrogen and oxygen atoms in total. The van der Waals surface area contributed by atoms with E-state index in [1.54, 1.807) is 12.4 Å². The molecule has 2 aromatic rings. The molecule has 23 heavy (non-hydrogen) atoms. The quantitative estimate of drug-likeness (QED) is 0.925. The van der Waals surface area contributed by atoms with Gasteiger partial charge in [-0.3, -0.25) is 4.79 Å². The zero-order valence-electron chi connectivity index (χ0n) is 12.4. The minimum absolute atomic E-state index is 0.0154. The number of hydrogen-bond donors (Lipinski definition) is 1. The van der Waals surface area contributed by atoms with Crippen molar-refractivity contribution in [2.24, 2.45) is 5.92 Å². The van der Waals surface area contributed by atoms with Crippen molar-refractivity contribution in [3.63, 3.8) is 0 Å². The number of aromatic nitrogens is 3. The van der Waals surface area contributed by atoms with Gasteiger partial charge < -0.3 is 5.32 Å². The second-order valence-corrected chi connectivity index (χ2v) is 7.13. The van der Waals surface area contributed by atoms with E-state index in [9.17, 15) is 4.79 Å². The molecular formula is C16H16Cl2N4O. The normalized spacial score (nSPS) is 25.7. The largest absolute Gasteiger partial charge is 0.351 e. The molecule has 0 saturated heterocycles. The molecule has 2 heterocycles. The first-order valence-electron chi connectivity index (χ1n) is 7.73. The Labute approximate surface area is 144 Å². The van der Waals surface area contributed by atoms with E-state index >= 15 is 0 Å². The molecule has 1 aliphatic carbocycles. The summed E-state index contributed by atoms with van der Waals surface area (Å²) in [4.78, 5) is 16.7. The summed E-state index contributed by atoms with van der Waals surface area (Å²) in [5.41, 5.74) is 1.05. The highest BCUT2D eigenvalue weighted by atomic mass is 35.5. The number of fused-ring (bicyclic) bond motifs is 1. The van der Waals surface area contributed by atoms with Crippen LogP contribution < -0.4 is 5.32 Å². The number of benzene rings is 1. The van der Waals surface area contributed by atoms with Gasteiger partial charge in [0.25, 0.3) is 0 Å². The zero-order chi connectivity index (χ0) is 16.0. The summed E-state index contributed by atoms with van der Waals surface area (Å²) in [5, 5.41) is 8.56. The molecule has 1 fully saturated rings. The monoisotopic (exact) mass is 350 g/mol. The molecule has 1 amide bonds. The maximum absolute atomic E-state index is 12.5. The van der Waals surface area contributed by atoms with Crippen molar-refractivity contribution in [1.29, 1.82) is 0 Å². The highest BCUT2D eigenvalue weighted by molar-refractivity contribution is 6.34. The van der Waals surface area contributed by atoms with Crippen LogP contribution in [0.5, 0.6) is 0 Å². The lowest BCUT2D eigenvalue weighted by molar-refractivity contribution is -0.123. The van der Waals surface area contributed by atoms with E-state index < -0.39 is 0 Å². The van der Waals surface area contributed by atoms with Crippen LogP contribution in [0.3, 0.4) is 0 Å². The van der Waals surface area contributed by atoms with Crippen LogP contribution >= 0.6 is 23.2 Å². The molecule has 3 atom stereocenters. The Balaban J connectivity index is 1.38. The van der Waals surface area contributed by atoms with Crippen molar-refractivity contribution in [2.75, 3.05) is 0 Å². The van der Waals surface area contributed by atoms with Crippen LogP contribution in [0.15, 0.2) is 24.5 Å². The standard InChI is InChI=1S/C16H16Cl2N4O/c17-10-3-9(4-11(18)5-10)13-6-14(13)16(23)21-12-1-2-15-19-8-20-22(15)7-12/h3-5,8,12-14H,1-2,6-7H2,(H,21,23). The van der Waals surface area contributed by atoms with Gasteiger partial charge in [0.1, 0.15) is 12.2 Å². The van der Waals surface area contributed by atoms with Gasteiger partial charge in [-0.15, -0.1) is 0 Å². The molecule has 3 unspecified atom stereocenters. The Morgan fingerprint density at radius 3 is 2.83 bits per heavy atom. The second-order valence-electron chi connectivity index (χ2n) is 6.25. The predicted molar refractivity (Wildman–Crippen MR) is 87.6 cm³/mol. The molecule has 7 heteroatoms. The minimum atomic E-state index is 0.0154. The number of hydrogen-bond acceptors (Lipinski definition) is 3. The van der Waals surface area contributed by atoms with Crippen LogP contribution in [0.4, 0.5) is 0 Å². The Hall–Kier alpha value is -1.59. The van der Waals surface area contributed by atoms with E-state index in [1.807, 2.05) is 16.8 Å². The number of aryl methyl sites for hydroxylation is 1. The van der Waals surface area contributed by atoms with Crippen LogP contribution in [0.1, 0.15) is 30.1 Å². The summed E-state index contributed by atoms with van der Waals surface area (Å²) in [7, 11) is 0. The van der Waals surface area contributed by atoms with Crippen LogP contribution in [0.2, 0.25) is 10.0 Å². The Bertz CT molecular complexity index is 740. The van der Waals surface area contributed by atoms with E-state index in [0.29, 0.717) is 16.6 Å². The van der Waals surface area contributed by atoms with Crippen molar-refractivity contribution in [1.82, 2.24) is 20.1 Å². The molecule has 1 aromatic carbocycles. The number of carbonyl (C=O) groups excluding carboxylic acids is 1. The van der Waals surface area contributed by atoms with Gasteiger partial charge in [0, 0.05) is 28.4 Å². The summed E-state index contributed by atoms with van der Waals surface area (Å²) >= 11 is 12.1. The van der Waals surface area contributed by atoms with E-state index in [4.69, 9.17) is 23.2 Å². The van der Waals surface area contributed by atoms with Crippen molar-refractivity contribution in [2.45, 2.75) is 37.8 Å². The topological polar surface area (TPSA) is 59.8 Å². The van der Waals surface area contributed by atoms with Gasteiger partial charge in [0.15, 0.2) is 0 Å². The van der Waals surface area contributed by atoms with Crippen LogP contribution in [0.25, 0.3) is 0 Å². The molecule has 1 N–H and O–H groups in total. The summed E-state index contributed by atoms with van der Waals surface area (Å²) in [6.45, 7) is 0.696. The number of nitrogens with one attached hydrogen (secondary N) is 1. The number of nitrogens with zero attached hydrogens (tertiary/aromatic N) is 3. The van der Waals surface area contributed by atoms with Crippen molar-refractivity contribution >= 4 is 29.1 Å². The minimum Gasteiger partial charge on any atom is -0.351 e. The fourth-order valence-corrected chi connectivity index (χ4v) is 3.85. The molecule has 4 rings (SSSR count). The van der Waals surface area contributed by atoms with E-state index in [2.05, 4.69) is 15.4 Å². The van der Waals surface area contributed by atoms with E-state index in [1.165, 1.54) is 0 Å². The first-order chi connectivity index (χ1) is 11.1. The van der Waals surface area contributed by atoms with Gasteiger partial charge in [-0.25, -0.2) is 9.67 Å². The first-order valence-corrected chi connectivity index (χ1v) is 8.49. The molecular weight excluding hydrogens is 335 g/mol. The Morgan fingerprint density at radius 2 is 2.04 bits per heavy atom. The maximum Gasteiger partial charge on any atom is 0.224 e. The number of rotatable bonds is 3.